The first-order chi connectivity index (χ1) is 20.4. The lowest BCUT2D eigenvalue weighted by molar-refractivity contribution is -0.320. The van der Waals surface area contributed by atoms with Crippen LogP contribution in [-0.2, 0) is 23.7 Å². The molecule has 2 heterocycles. The van der Waals surface area contributed by atoms with Crippen LogP contribution in [0.15, 0.2) is 0 Å². The monoisotopic (exact) mass is 624 g/mol. The quantitative estimate of drug-likeness (QED) is 0.0753. The first-order valence-electron chi connectivity index (χ1n) is 15.0. The number of hydrogen-bond donors (Lipinski definition) is 12. The van der Waals surface area contributed by atoms with Gasteiger partial charge in [0, 0.05) is 19.0 Å². The summed E-state index contributed by atoms with van der Waals surface area (Å²) in [6.07, 6.45) is -12.6. The Kier molecular flexibility index (Phi) is 14.5. The highest BCUT2D eigenvalue weighted by Crippen LogP contribution is 2.36. The zero-order valence-corrected chi connectivity index (χ0v) is 24.3. The van der Waals surface area contributed by atoms with Gasteiger partial charge in [-0.1, -0.05) is 0 Å². The maximum absolute atomic E-state index is 12.8. The summed E-state index contributed by atoms with van der Waals surface area (Å²) < 4.78 is 23.7. The van der Waals surface area contributed by atoms with E-state index in [1.54, 1.807) is 0 Å². The summed E-state index contributed by atoms with van der Waals surface area (Å²) in [6.45, 7) is 0.902. The zero-order chi connectivity index (χ0) is 31.8. The third-order valence-corrected chi connectivity index (χ3v) is 8.43. The number of nitrogens with two attached hydrogens (primary N) is 5. The van der Waals surface area contributed by atoms with Crippen LogP contribution in [0.4, 0.5) is 0 Å². The number of nitrogens with one attached hydrogen (secondary N) is 1. The molecular formula is C26H52N6O11. The van der Waals surface area contributed by atoms with Gasteiger partial charge in [-0.25, -0.2) is 0 Å². The van der Waals surface area contributed by atoms with Crippen LogP contribution in [0.1, 0.15) is 32.1 Å². The number of carbonyl (C=O) groups is 1. The molecule has 43 heavy (non-hydrogen) atoms. The van der Waals surface area contributed by atoms with Crippen molar-refractivity contribution in [2.75, 3.05) is 32.8 Å². The maximum Gasteiger partial charge on any atom is 0.186 e. The van der Waals surface area contributed by atoms with Crippen LogP contribution in [0.25, 0.3) is 0 Å². The average molecular weight is 625 g/mol. The Bertz CT molecular complexity index is 849. The molecule has 3 rings (SSSR count). The SMILES string of the molecule is NCCCNC[C@H]1O[C@H](O[C@H]2[C@H](O)[C@@H](O[C@H]3O[C@H](CO)[C@@H](O)[C@H](N)[C@H]3O)[C@H](CC(=O)[C@@H](O)CCN)C[C@@H]2N)[C@H](N)C[C@@H]1O. The molecule has 0 aromatic carbocycles. The molecule has 15 atom stereocenters. The molecule has 2 aliphatic heterocycles. The molecule has 0 aromatic rings. The van der Waals surface area contributed by atoms with E-state index in [0.29, 0.717) is 19.6 Å². The van der Waals surface area contributed by atoms with Gasteiger partial charge in [-0.3, -0.25) is 4.79 Å². The van der Waals surface area contributed by atoms with Gasteiger partial charge in [-0.2, -0.15) is 0 Å². The minimum atomic E-state index is -1.55. The topological polar surface area (TPSA) is 318 Å². The van der Waals surface area contributed by atoms with Gasteiger partial charge in [0.25, 0.3) is 0 Å². The van der Waals surface area contributed by atoms with Crippen molar-refractivity contribution in [3.63, 3.8) is 0 Å². The molecule has 2 saturated heterocycles. The molecule has 17 heteroatoms. The summed E-state index contributed by atoms with van der Waals surface area (Å²) in [5.74, 6) is -1.30. The molecule has 3 aliphatic rings. The predicted octanol–water partition coefficient (Wildman–Crippen LogP) is -6.36. The largest absolute Gasteiger partial charge is 0.394 e. The zero-order valence-electron chi connectivity index (χ0n) is 24.3. The van der Waals surface area contributed by atoms with Gasteiger partial charge >= 0.3 is 0 Å². The van der Waals surface area contributed by atoms with Gasteiger partial charge in [-0.15, -0.1) is 0 Å². The van der Waals surface area contributed by atoms with Gasteiger partial charge in [0.1, 0.15) is 36.6 Å². The molecule has 3 fully saturated rings. The van der Waals surface area contributed by atoms with E-state index in [4.69, 9.17) is 47.6 Å². The van der Waals surface area contributed by atoms with Gasteiger partial charge in [0.2, 0.25) is 0 Å². The van der Waals surface area contributed by atoms with E-state index < -0.39 is 104 Å². The van der Waals surface area contributed by atoms with Crippen molar-refractivity contribution >= 4 is 5.78 Å². The summed E-state index contributed by atoms with van der Waals surface area (Å²) in [5, 5.41) is 66.0. The Morgan fingerprint density at radius 3 is 2.21 bits per heavy atom. The molecule has 17 N–H and O–H groups in total. The smallest absolute Gasteiger partial charge is 0.186 e. The Hall–Kier alpha value is -0.970. The summed E-state index contributed by atoms with van der Waals surface area (Å²) in [4.78, 5) is 12.8. The normalized spacial score (nSPS) is 43.0. The minimum Gasteiger partial charge on any atom is -0.394 e. The molecule has 17 nitrogen and oxygen atoms in total. The lowest BCUT2D eigenvalue weighted by Gasteiger charge is -2.48. The number of ketones is 1. The first-order valence-corrected chi connectivity index (χ1v) is 15.0. The average Bonchev–Trinajstić information content (AvgIpc) is 2.97. The molecule has 1 saturated carbocycles. The second-order valence-corrected chi connectivity index (χ2v) is 11.8. The number of hydrogen-bond acceptors (Lipinski definition) is 17. The molecule has 0 aromatic heterocycles. The van der Waals surface area contributed by atoms with Crippen LogP contribution in [-0.4, -0.2) is 155 Å². The maximum atomic E-state index is 12.8. The summed E-state index contributed by atoms with van der Waals surface area (Å²) in [7, 11) is 0. The Morgan fingerprint density at radius 1 is 0.884 bits per heavy atom. The van der Waals surface area contributed by atoms with Gasteiger partial charge in [0.15, 0.2) is 18.4 Å². The van der Waals surface area contributed by atoms with Crippen LogP contribution < -0.4 is 34.0 Å². The Balaban J connectivity index is 1.79. The second kappa shape index (κ2) is 17.1. The number of rotatable bonds is 15. The van der Waals surface area contributed by atoms with E-state index in [1.807, 2.05) is 0 Å². The standard InChI is InChI=1S/C26H52N6O11/c27-3-1-5-32-9-17-16(36)8-13(30)25(40-17)43-24-12(29)6-11(7-15(35)14(34)2-4-28)23(22(24)39)42-26-21(38)19(31)20(37)18(10-33)41-26/h11-14,16-26,32-34,36-39H,1-10,27-31H2/t11-,12-,13+,14-,16-,17+,18+,19-,20+,21+,22+,23-,24+,25+,26+/m0/s1. The highest BCUT2D eigenvalue weighted by atomic mass is 16.7. The van der Waals surface area contributed by atoms with Gasteiger partial charge < -0.3 is 83.6 Å². The van der Waals surface area contributed by atoms with Crippen LogP contribution >= 0.6 is 0 Å². The third-order valence-electron chi connectivity index (χ3n) is 8.43. The van der Waals surface area contributed by atoms with Crippen LogP contribution in [0.2, 0.25) is 0 Å². The van der Waals surface area contributed by atoms with Crippen molar-refractivity contribution in [3.8, 4) is 0 Å². The number of ether oxygens (including phenoxy) is 4. The lowest BCUT2D eigenvalue weighted by atomic mass is 9.76. The van der Waals surface area contributed by atoms with E-state index in [2.05, 4.69) is 5.32 Å². The van der Waals surface area contributed by atoms with Gasteiger partial charge in [0.05, 0.1) is 37.0 Å². The number of aliphatic hydroxyl groups excluding tert-OH is 6. The molecule has 0 spiro atoms. The van der Waals surface area contributed by atoms with Crippen LogP contribution in [0.3, 0.4) is 0 Å². The summed E-state index contributed by atoms with van der Waals surface area (Å²) >= 11 is 0. The number of carbonyl (C=O) groups excluding carboxylic acids is 1. The highest BCUT2D eigenvalue weighted by molar-refractivity contribution is 5.83. The molecule has 252 valence electrons. The van der Waals surface area contributed by atoms with Crippen molar-refractivity contribution < 1.29 is 54.4 Å². The van der Waals surface area contributed by atoms with E-state index in [9.17, 15) is 35.4 Å². The third kappa shape index (κ3) is 9.29. The second-order valence-electron chi connectivity index (χ2n) is 11.8. The Morgan fingerprint density at radius 2 is 1.56 bits per heavy atom. The molecule has 0 bridgehead atoms. The highest BCUT2D eigenvalue weighted by Gasteiger charge is 2.51. The van der Waals surface area contributed by atoms with Crippen LogP contribution in [0, 0.1) is 5.92 Å². The van der Waals surface area contributed by atoms with E-state index in [0.717, 1.165) is 6.42 Å². The van der Waals surface area contributed by atoms with Crippen molar-refractivity contribution in [2.45, 2.75) is 118 Å². The fourth-order valence-electron chi connectivity index (χ4n) is 5.85. The molecule has 0 unspecified atom stereocenters. The van der Waals surface area contributed by atoms with E-state index >= 15 is 0 Å². The Labute approximate surface area is 250 Å². The summed E-state index contributed by atoms with van der Waals surface area (Å²) in [6, 6.07) is -2.84. The van der Waals surface area contributed by atoms with Crippen molar-refractivity contribution in [2.24, 2.45) is 34.6 Å². The number of Topliss-reactive ketones (excluding diaryl/α,β-unsaturated/α-hetero) is 1. The van der Waals surface area contributed by atoms with Crippen molar-refractivity contribution in [1.82, 2.24) is 5.32 Å². The first kappa shape index (κ1) is 36.5. The van der Waals surface area contributed by atoms with Crippen molar-refractivity contribution in [1.29, 1.82) is 0 Å². The summed E-state index contributed by atoms with van der Waals surface area (Å²) in [5.41, 5.74) is 29.6. The molecular weight excluding hydrogens is 572 g/mol. The lowest BCUT2D eigenvalue weighted by Crippen LogP contribution is -2.66. The molecule has 1 aliphatic carbocycles. The fraction of sp³-hybridized carbons (Fsp3) is 0.962. The van der Waals surface area contributed by atoms with Crippen LogP contribution in [0.5, 0.6) is 0 Å². The minimum absolute atomic E-state index is 0.0395. The molecule has 0 radical (unpaired) electrons. The van der Waals surface area contributed by atoms with Crippen molar-refractivity contribution in [3.05, 3.63) is 0 Å². The number of aliphatic hydroxyl groups is 6. The predicted molar refractivity (Wildman–Crippen MR) is 151 cm³/mol. The van der Waals surface area contributed by atoms with E-state index in [-0.39, 0.29) is 32.2 Å². The van der Waals surface area contributed by atoms with E-state index in [1.165, 1.54) is 0 Å². The van der Waals surface area contributed by atoms with Gasteiger partial charge in [-0.05, 0) is 51.2 Å². The fourth-order valence-corrected chi connectivity index (χ4v) is 5.85. The molecule has 0 amide bonds.